The Kier molecular flexibility index (Phi) is 7.05. The molecule has 2 aromatic carbocycles. The lowest BCUT2D eigenvalue weighted by Crippen LogP contribution is -2.28. The van der Waals surface area contributed by atoms with Gasteiger partial charge in [0, 0.05) is 46.8 Å². The molecule has 0 saturated heterocycles. The number of pyridine rings is 1. The van der Waals surface area contributed by atoms with Crippen LogP contribution in [0.5, 0.6) is 0 Å². The van der Waals surface area contributed by atoms with Crippen molar-refractivity contribution in [1.82, 2.24) is 15.6 Å². The van der Waals surface area contributed by atoms with E-state index in [0.29, 0.717) is 27.8 Å². The number of anilines is 1. The average Bonchev–Trinajstić information content (AvgIpc) is 2.73. The second kappa shape index (κ2) is 9.91. The molecule has 3 N–H and O–H groups in total. The zero-order valence-electron chi connectivity index (χ0n) is 15.3. The summed E-state index contributed by atoms with van der Waals surface area (Å²) in [5.74, 6) is -0.246. The summed E-state index contributed by atoms with van der Waals surface area (Å²) < 4.78 is 0. The van der Waals surface area contributed by atoms with Gasteiger partial charge in [0.2, 0.25) is 0 Å². The third kappa shape index (κ3) is 6.20. The Bertz CT molecular complexity index is 995. The first-order valence-electron chi connectivity index (χ1n) is 8.77. The zero-order valence-corrected chi connectivity index (χ0v) is 16.8. The van der Waals surface area contributed by atoms with E-state index in [9.17, 15) is 9.59 Å². The number of carbonyl (C=O) groups is 2. The van der Waals surface area contributed by atoms with Crippen LogP contribution in [0.2, 0.25) is 10.0 Å². The summed E-state index contributed by atoms with van der Waals surface area (Å²) in [5.41, 5.74) is 2.77. The molecule has 0 aliphatic heterocycles. The van der Waals surface area contributed by atoms with Gasteiger partial charge in [-0.15, -0.1) is 0 Å². The summed E-state index contributed by atoms with van der Waals surface area (Å²) in [6.07, 6.45) is 3.33. The van der Waals surface area contributed by atoms with E-state index in [1.54, 1.807) is 54.9 Å². The molecular formula is C21H18Cl2N4O2. The summed E-state index contributed by atoms with van der Waals surface area (Å²) in [6, 6.07) is 15.0. The Labute approximate surface area is 178 Å². The Morgan fingerprint density at radius 1 is 0.862 bits per heavy atom. The van der Waals surface area contributed by atoms with E-state index in [0.717, 1.165) is 11.1 Å². The Balaban J connectivity index is 1.49. The molecule has 3 aromatic rings. The van der Waals surface area contributed by atoms with E-state index in [4.69, 9.17) is 23.2 Å². The van der Waals surface area contributed by atoms with Crippen LogP contribution in [0, 0.1) is 0 Å². The molecule has 0 atom stereocenters. The zero-order chi connectivity index (χ0) is 20.6. The van der Waals surface area contributed by atoms with Gasteiger partial charge in [-0.3, -0.25) is 9.78 Å². The number of carbonyl (C=O) groups excluding carboxylic acids is 2. The number of hydrogen-bond acceptors (Lipinski definition) is 3. The molecule has 6 nitrogen and oxygen atoms in total. The molecule has 3 rings (SSSR count). The highest BCUT2D eigenvalue weighted by molar-refractivity contribution is 6.35. The van der Waals surface area contributed by atoms with Crippen molar-refractivity contribution >= 4 is 40.8 Å². The van der Waals surface area contributed by atoms with Crippen molar-refractivity contribution in [3.05, 3.63) is 93.7 Å². The first-order valence-corrected chi connectivity index (χ1v) is 9.53. The number of aromatic nitrogens is 1. The lowest BCUT2D eigenvalue weighted by atomic mass is 10.1. The lowest BCUT2D eigenvalue weighted by Gasteiger charge is -2.09. The van der Waals surface area contributed by atoms with Gasteiger partial charge in [0.25, 0.3) is 5.91 Å². The Morgan fingerprint density at radius 2 is 1.59 bits per heavy atom. The predicted octanol–water partition coefficient (Wildman–Crippen LogP) is 4.64. The van der Waals surface area contributed by atoms with Crippen LogP contribution < -0.4 is 16.0 Å². The summed E-state index contributed by atoms with van der Waals surface area (Å²) in [4.78, 5) is 28.2. The highest BCUT2D eigenvalue weighted by atomic mass is 35.5. The smallest absolute Gasteiger partial charge is 0.319 e. The van der Waals surface area contributed by atoms with Gasteiger partial charge in [0.05, 0.1) is 0 Å². The standard InChI is InChI=1S/C21H18Cl2N4O2/c22-17-4-1-16(19(23)11-17)13-25-20(28)15-2-5-18(6-3-15)27-21(29)26-12-14-7-9-24-10-8-14/h1-11H,12-13H2,(H,25,28)(H2,26,27,29). The fourth-order valence-electron chi connectivity index (χ4n) is 2.51. The first kappa shape index (κ1) is 20.6. The topological polar surface area (TPSA) is 83.1 Å². The largest absolute Gasteiger partial charge is 0.348 e. The van der Waals surface area contributed by atoms with Crippen LogP contribution in [-0.4, -0.2) is 16.9 Å². The van der Waals surface area contributed by atoms with Crippen LogP contribution in [-0.2, 0) is 13.1 Å². The maximum Gasteiger partial charge on any atom is 0.319 e. The molecule has 0 aliphatic carbocycles. The molecule has 148 valence electrons. The SMILES string of the molecule is O=C(NCc1ccncc1)Nc1ccc(C(=O)NCc2ccc(Cl)cc2Cl)cc1. The summed E-state index contributed by atoms with van der Waals surface area (Å²) in [6.45, 7) is 0.675. The number of nitrogens with zero attached hydrogens (tertiary/aromatic N) is 1. The minimum absolute atomic E-state index is 0.246. The third-order valence-corrected chi connectivity index (χ3v) is 4.65. The molecule has 0 radical (unpaired) electrons. The molecular weight excluding hydrogens is 411 g/mol. The van der Waals surface area contributed by atoms with Crippen molar-refractivity contribution in [2.45, 2.75) is 13.1 Å². The fraction of sp³-hybridized carbons (Fsp3) is 0.0952. The number of halogens is 2. The van der Waals surface area contributed by atoms with Crippen LogP contribution >= 0.6 is 23.2 Å². The lowest BCUT2D eigenvalue weighted by molar-refractivity contribution is 0.0951. The molecule has 0 spiro atoms. The number of benzene rings is 2. The number of urea groups is 1. The normalized spacial score (nSPS) is 10.3. The first-order chi connectivity index (χ1) is 14.0. The predicted molar refractivity (Wildman–Crippen MR) is 114 cm³/mol. The minimum Gasteiger partial charge on any atom is -0.348 e. The van der Waals surface area contributed by atoms with Gasteiger partial charge >= 0.3 is 6.03 Å². The van der Waals surface area contributed by atoms with Gasteiger partial charge in [-0.1, -0.05) is 29.3 Å². The Morgan fingerprint density at radius 3 is 2.28 bits per heavy atom. The van der Waals surface area contributed by atoms with Crippen molar-refractivity contribution in [3.63, 3.8) is 0 Å². The van der Waals surface area contributed by atoms with Crippen LogP contribution in [0.15, 0.2) is 67.0 Å². The van der Waals surface area contributed by atoms with Gasteiger partial charge in [-0.25, -0.2) is 4.79 Å². The van der Waals surface area contributed by atoms with E-state index in [1.165, 1.54) is 0 Å². The van der Waals surface area contributed by atoms with Crippen LogP contribution in [0.4, 0.5) is 10.5 Å². The Hall–Kier alpha value is -3.09. The van der Waals surface area contributed by atoms with E-state index >= 15 is 0 Å². The average molecular weight is 429 g/mol. The van der Waals surface area contributed by atoms with Crippen molar-refractivity contribution in [3.8, 4) is 0 Å². The van der Waals surface area contributed by atoms with Gasteiger partial charge in [-0.2, -0.15) is 0 Å². The van der Waals surface area contributed by atoms with Crippen molar-refractivity contribution in [2.24, 2.45) is 0 Å². The third-order valence-electron chi connectivity index (χ3n) is 4.06. The molecule has 0 bridgehead atoms. The van der Waals surface area contributed by atoms with Gasteiger partial charge in [-0.05, 0) is 59.7 Å². The number of hydrogen-bond donors (Lipinski definition) is 3. The van der Waals surface area contributed by atoms with Crippen LogP contribution in [0.25, 0.3) is 0 Å². The maximum absolute atomic E-state index is 12.3. The van der Waals surface area contributed by atoms with E-state index in [1.807, 2.05) is 12.1 Å². The van der Waals surface area contributed by atoms with Gasteiger partial charge in [0.15, 0.2) is 0 Å². The second-order valence-corrected chi connectivity index (χ2v) is 7.00. The summed E-state index contributed by atoms with van der Waals surface area (Å²) in [5, 5.41) is 9.31. The summed E-state index contributed by atoms with van der Waals surface area (Å²) >= 11 is 12.0. The van der Waals surface area contributed by atoms with Gasteiger partial charge < -0.3 is 16.0 Å². The van der Waals surface area contributed by atoms with Crippen LogP contribution in [0.1, 0.15) is 21.5 Å². The quantitative estimate of drug-likeness (QED) is 0.534. The molecule has 3 amide bonds. The highest BCUT2D eigenvalue weighted by Gasteiger charge is 2.08. The highest BCUT2D eigenvalue weighted by Crippen LogP contribution is 2.21. The minimum atomic E-state index is -0.337. The van der Waals surface area contributed by atoms with Crippen molar-refractivity contribution < 1.29 is 9.59 Å². The number of rotatable bonds is 6. The van der Waals surface area contributed by atoms with E-state index < -0.39 is 0 Å². The molecule has 1 heterocycles. The second-order valence-electron chi connectivity index (χ2n) is 6.16. The van der Waals surface area contributed by atoms with Crippen molar-refractivity contribution in [2.75, 3.05) is 5.32 Å². The molecule has 1 aromatic heterocycles. The molecule has 0 saturated carbocycles. The monoisotopic (exact) mass is 428 g/mol. The molecule has 0 aliphatic rings. The molecule has 8 heteroatoms. The molecule has 0 unspecified atom stereocenters. The van der Waals surface area contributed by atoms with Crippen LogP contribution in [0.3, 0.4) is 0 Å². The number of nitrogens with one attached hydrogen (secondary N) is 3. The van der Waals surface area contributed by atoms with E-state index in [2.05, 4.69) is 20.9 Å². The molecule has 0 fully saturated rings. The van der Waals surface area contributed by atoms with Gasteiger partial charge in [0.1, 0.15) is 0 Å². The molecule has 29 heavy (non-hydrogen) atoms. The van der Waals surface area contributed by atoms with E-state index in [-0.39, 0.29) is 18.5 Å². The number of amides is 3. The maximum atomic E-state index is 12.3. The summed E-state index contributed by atoms with van der Waals surface area (Å²) in [7, 11) is 0. The van der Waals surface area contributed by atoms with Crippen molar-refractivity contribution in [1.29, 1.82) is 0 Å². The fourth-order valence-corrected chi connectivity index (χ4v) is 2.98.